The zero-order valence-electron chi connectivity index (χ0n) is 13.1. The summed E-state index contributed by atoms with van der Waals surface area (Å²) < 4.78 is 7.20. The first-order valence-electron chi connectivity index (χ1n) is 7.02. The average Bonchev–Trinajstić information content (AvgIpc) is 2.81. The van der Waals surface area contributed by atoms with Crippen LogP contribution in [0.15, 0.2) is 29.3 Å². The molecule has 1 atom stereocenters. The summed E-state index contributed by atoms with van der Waals surface area (Å²) in [5.74, 6) is 1.71. The Morgan fingerprint density at radius 3 is 2.86 bits per heavy atom. The van der Waals surface area contributed by atoms with E-state index in [-0.39, 0.29) is 6.04 Å². The number of nitrogens with zero attached hydrogens (tertiary/aromatic N) is 3. The highest BCUT2D eigenvalue weighted by Crippen LogP contribution is 2.13. The summed E-state index contributed by atoms with van der Waals surface area (Å²) in [5, 5.41) is 6.54. The largest absolute Gasteiger partial charge is 0.383 e. The predicted molar refractivity (Wildman–Crippen MR) is 85.4 cm³/mol. The summed E-state index contributed by atoms with van der Waals surface area (Å²) in [4.78, 5) is 8.84. The second-order valence-electron chi connectivity index (χ2n) is 5.00. The molecule has 0 fully saturated rings. The molecule has 0 aliphatic heterocycles. The van der Waals surface area contributed by atoms with Crippen molar-refractivity contribution in [2.45, 2.75) is 19.5 Å². The van der Waals surface area contributed by atoms with Gasteiger partial charge in [0.2, 0.25) is 0 Å². The molecule has 1 aromatic carbocycles. The minimum Gasteiger partial charge on any atom is -0.383 e. The predicted octanol–water partition coefficient (Wildman–Crippen LogP) is 1.27. The second kappa shape index (κ2) is 7.08. The van der Waals surface area contributed by atoms with Crippen LogP contribution in [0.5, 0.6) is 0 Å². The van der Waals surface area contributed by atoms with Crippen LogP contribution >= 0.6 is 0 Å². The van der Waals surface area contributed by atoms with Crippen molar-refractivity contribution >= 4 is 17.0 Å². The van der Waals surface area contributed by atoms with Crippen molar-refractivity contribution in [2.75, 3.05) is 20.8 Å². The van der Waals surface area contributed by atoms with Crippen molar-refractivity contribution in [2.24, 2.45) is 12.0 Å². The number of hydrogen-bond donors (Lipinski definition) is 2. The van der Waals surface area contributed by atoms with Crippen LogP contribution in [-0.2, 0) is 18.3 Å². The fraction of sp³-hybridized carbons (Fsp3) is 0.467. The van der Waals surface area contributed by atoms with Crippen molar-refractivity contribution < 1.29 is 4.74 Å². The molecule has 0 saturated carbocycles. The van der Waals surface area contributed by atoms with Gasteiger partial charge in [-0.1, -0.05) is 12.1 Å². The molecule has 0 bridgehead atoms. The van der Waals surface area contributed by atoms with Gasteiger partial charge in [-0.15, -0.1) is 0 Å². The minimum absolute atomic E-state index is 0.196. The van der Waals surface area contributed by atoms with E-state index in [1.54, 1.807) is 14.2 Å². The van der Waals surface area contributed by atoms with E-state index in [0.717, 1.165) is 22.8 Å². The van der Waals surface area contributed by atoms with Gasteiger partial charge in [0, 0.05) is 27.2 Å². The number of methoxy groups -OCH3 is 1. The van der Waals surface area contributed by atoms with Crippen LogP contribution in [0, 0.1) is 0 Å². The number of aliphatic imine (C=N–C) groups is 1. The van der Waals surface area contributed by atoms with Gasteiger partial charge in [-0.25, -0.2) is 4.98 Å². The first-order chi connectivity index (χ1) is 10.2. The highest BCUT2D eigenvalue weighted by Gasteiger charge is 2.09. The molecule has 1 heterocycles. The van der Waals surface area contributed by atoms with E-state index < -0.39 is 0 Å². The lowest BCUT2D eigenvalue weighted by molar-refractivity contribution is 0.179. The summed E-state index contributed by atoms with van der Waals surface area (Å²) in [6.45, 7) is 3.29. The molecule has 21 heavy (non-hydrogen) atoms. The molecule has 2 rings (SSSR count). The van der Waals surface area contributed by atoms with Crippen LogP contribution in [0.1, 0.15) is 12.7 Å². The molecule has 2 N–H and O–H groups in total. The molecule has 1 aromatic heterocycles. The third kappa shape index (κ3) is 3.72. The normalized spacial score (nSPS) is 13.4. The molecule has 0 aliphatic carbocycles. The number of ether oxygens (including phenoxy) is 1. The fourth-order valence-corrected chi connectivity index (χ4v) is 2.24. The molecule has 2 aromatic rings. The second-order valence-corrected chi connectivity index (χ2v) is 5.00. The SMILES string of the molecule is CN=C(NCc1nc2ccccc2n1C)NC(C)COC. The van der Waals surface area contributed by atoms with Crippen LogP contribution in [0.3, 0.4) is 0 Å². The Morgan fingerprint density at radius 2 is 2.19 bits per heavy atom. The molecule has 6 heteroatoms. The number of para-hydroxylation sites is 2. The molecule has 0 saturated heterocycles. The Labute approximate surface area is 125 Å². The minimum atomic E-state index is 0.196. The first-order valence-corrected chi connectivity index (χ1v) is 7.02. The third-order valence-corrected chi connectivity index (χ3v) is 3.32. The monoisotopic (exact) mass is 289 g/mol. The van der Waals surface area contributed by atoms with Gasteiger partial charge >= 0.3 is 0 Å². The van der Waals surface area contributed by atoms with Gasteiger partial charge in [0.05, 0.1) is 24.2 Å². The zero-order valence-corrected chi connectivity index (χ0v) is 13.1. The van der Waals surface area contributed by atoms with Crippen LogP contribution in [0.25, 0.3) is 11.0 Å². The lowest BCUT2D eigenvalue weighted by Gasteiger charge is -2.17. The molecule has 0 radical (unpaired) electrons. The maximum Gasteiger partial charge on any atom is 0.191 e. The van der Waals surface area contributed by atoms with E-state index in [1.165, 1.54) is 0 Å². The molecule has 114 valence electrons. The van der Waals surface area contributed by atoms with Gasteiger partial charge < -0.3 is 19.9 Å². The number of aryl methyl sites for hydroxylation is 1. The summed E-state index contributed by atoms with van der Waals surface area (Å²) in [5.41, 5.74) is 2.14. The lowest BCUT2D eigenvalue weighted by Crippen LogP contribution is -2.43. The van der Waals surface area contributed by atoms with Crippen molar-refractivity contribution in [3.63, 3.8) is 0 Å². The zero-order chi connectivity index (χ0) is 15.2. The topological polar surface area (TPSA) is 63.5 Å². The molecule has 6 nitrogen and oxygen atoms in total. The Bertz CT molecular complexity index is 620. The smallest absolute Gasteiger partial charge is 0.191 e. The molecule has 0 aliphatic rings. The standard InChI is InChI=1S/C15H23N5O/c1-11(10-21-4)18-15(16-2)17-9-14-19-12-7-5-6-8-13(12)20(14)3/h5-8,11H,9-10H2,1-4H3,(H2,16,17,18). The van der Waals surface area contributed by atoms with Crippen LogP contribution in [0.2, 0.25) is 0 Å². The Hall–Kier alpha value is -2.08. The summed E-state index contributed by atoms with van der Waals surface area (Å²) in [6, 6.07) is 8.31. The van der Waals surface area contributed by atoms with Crippen molar-refractivity contribution in [3.8, 4) is 0 Å². The number of guanidine groups is 1. The Morgan fingerprint density at radius 1 is 1.43 bits per heavy atom. The van der Waals surface area contributed by atoms with Crippen molar-refractivity contribution in [1.82, 2.24) is 20.2 Å². The third-order valence-electron chi connectivity index (χ3n) is 3.32. The van der Waals surface area contributed by atoms with Gasteiger partial charge in [0.1, 0.15) is 5.82 Å². The number of nitrogens with one attached hydrogen (secondary N) is 2. The number of rotatable bonds is 5. The van der Waals surface area contributed by atoms with Gasteiger partial charge in [0.25, 0.3) is 0 Å². The molecule has 0 amide bonds. The van der Waals surface area contributed by atoms with E-state index in [4.69, 9.17) is 4.74 Å². The van der Waals surface area contributed by atoms with Gasteiger partial charge in [-0.3, -0.25) is 4.99 Å². The number of benzene rings is 1. The molecular formula is C15H23N5O. The van der Waals surface area contributed by atoms with Gasteiger partial charge in [0.15, 0.2) is 5.96 Å². The number of hydrogen-bond acceptors (Lipinski definition) is 3. The van der Waals surface area contributed by atoms with Crippen LogP contribution in [0.4, 0.5) is 0 Å². The highest BCUT2D eigenvalue weighted by molar-refractivity contribution is 5.80. The van der Waals surface area contributed by atoms with Crippen molar-refractivity contribution in [1.29, 1.82) is 0 Å². The molecule has 0 spiro atoms. The summed E-state index contributed by atoms with van der Waals surface area (Å²) >= 11 is 0. The molecule has 1 unspecified atom stereocenters. The van der Waals surface area contributed by atoms with Crippen LogP contribution < -0.4 is 10.6 Å². The molecular weight excluding hydrogens is 266 g/mol. The quantitative estimate of drug-likeness (QED) is 0.643. The van der Waals surface area contributed by atoms with Gasteiger partial charge in [-0.2, -0.15) is 0 Å². The lowest BCUT2D eigenvalue weighted by atomic mass is 10.3. The van der Waals surface area contributed by atoms with E-state index in [0.29, 0.717) is 13.2 Å². The fourth-order valence-electron chi connectivity index (χ4n) is 2.24. The van der Waals surface area contributed by atoms with E-state index in [1.807, 2.05) is 32.2 Å². The maximum atomic E-state index is 5.11. The van der Waals surface area contributed by atoms with E-state index >= 15 is 0 Å². The van der Waals surface area contributed by atoms with E-state index in [2.05, 4.69) is 31.2 Å². The van der Waals surface area contributed by atoms with Crippen molar-refractivity contribution in [3.05, 3.63) is 30.1 Å². The maximum absolute atomic E-state index is 5.11. The highest BCUT2D eigenvalue weighted by atomic mass is 16.5. The average molecular weight is 289 g/mol. The van der Waals surface area contributed by atoms with E-state index in [9.17, 15) is 0 Å². The number of fused-ring (bicyclic) bond motifs is 1. The van der Waals surface area contributed by atoms with Crippen LogP contribution in [-0.4, -0.2) is 42.3 Å². The number of imidazole rings is 1. The summed E-state index contributed by atoms with van der Waals surface area (Å²) in [7, 11) is 5.47. The van der Waals surface area contributed by atoms with Gasteiger partial charge in [-0.05, 0) is 19.1 Å². The summed E-state index contributed by atoms with van der Waals surface area (Å²) in [6.07, 6.45) is 0. The first kappa shape index (κ1) is 15.3. The number of aromatic nitrogens is 2. The Balaban J connectivity index is 2.01. The Kier molecular flexibility index (Phi) is 5.16.